The Kier molecular flexibility index (Phi) is 4.68. The number of hydrogen-bond acceptors (Lipinski definition) is 3. The molecule has 0 amide bonds. The number of halogens is 1. The van der Waals surface area contributed by atoms with E-state index in [4.69, 9.17) is 0 Å². The van der Waals surface area contributed by atoms with Gasteiger partial charge in [0, 0.05) is 15.7 Å². The molecule has 0 spiro atoms. The molecule has 0 bridgehead atoms. The van der Waals surface area contributed by atoms with Gasteiger partial charge in [-0.15, -0.1) is 0 Å². The molecule has 19 heavy (non-hydrogen) atoms. The summed E-state index contributed by atoms with van der Waals surface area (Å²) < 4.78 is 2.94. The van der Waals surface area contributed by atoms with Crippen molar-refractivity contribution in [2.24, 2.45) is 5.92 Å². The summed E-state index contributed by atoms with van der Waals surface area (Å²) in [6.45, 7) is 5.02. The SMILES string of the molecule is CC(C)Cn1ncnc1CC(=O)c1ccc(I)cc1. The molecule has 4 nitrogen and oxygen atoms in total. The Labute approximate surface area is 126 Å². The Morgan fingerprint density at radius 2 is 2.00 bits per heavy atom. The van der Waals surface area contributed by atoms with Crippen LogP contribution in [0.2, 0.25) is 0 Å². The van der Waals surface area contributed by atoms with E-state index in [1.165, 1.54) is 6.33 Å². The van der Waals surface area contributed by atoms with Crippen LogP contribution < -0.4 is 0 Å². The van der Waals surface area contributed by atoms with Gasteiger partial charge in [-0.1, -0.05) is 26.0 Å². The van der Waals surface area contributed by atoms with Gasteiger partial charge in [0.1, 0.15) is 12.2 Å². The maximum absolute atomic E-state index is 12.2. The van der Waals surface area contributed by atoms with Gasteiger partial charge in [0.05, 0.1) is 6.42 Å². The van der Waals surface area contributed by atoms with Gasteiger partial charge < -0.3 is 0 Å². The van der Waals surface area contributed by atoms with Gasteiger partial charge in [0.25, 0.3) is 0 Å². The van der Waals surface area contributed by atoms with Gasteiger partial charge in [-0.2, -0.15) is 5.10 Å². The minimum atomic E-state index is 0.0782. The Morgan fingerprint density at radius 3 is 2.63 bits per heavy atom. The summed E-state index contributed by atoms with van der Waals surface area (Å²) in [7, 11) is 0. The highest BCUT2D eigenvalue weighted by molar-refractivity contribution is 14.1. The Morgan fingerprint density at radius 1 is 1.32 bits per heavy atom. The summed E-state index contributed by atoms with van der Waals surface area (Å²) in [5.74, 6) is 1.29. The Bertz CT molecular complexity index is 560. The molecule has 1 heterocycles. The van der Waals surface area contributed by atoms with Crippen LogP contribution in [0.25, 0.3) is 0 Å². The van der Waals surface area contributed by atoms with Crippen LogP contribution in [-0.4, -0.2) is 20.5 Å². The quantitative estimate of drug-likeness (QED) is 0.602. The summed E-state index contributed by atoms with van der Waals surface area (Å²) in [4.78, 5) is 16.4. The Balaban J connectivity index is 2.10. The number of hydrogen-bond donors (Lipinski definition) is 0. The fourth-order valence-corrected chi connectivity index (χ4v) is 2.16. The van der Waals surface area contributed by atoms with Crippen molar-refractivity contribution < 1.29 is 4.79 Å². The first-order valence-corrected chi connectivity index (χ1v) is 7.29. The lowest BCUT2D eigenvalue weighted by Gasteiger charge is -2.08. The van der Waals surface area contributed by atoms with Crippen LogP contribution >= 0.6 is 22.6 Å². The molecule has 2 rings (SSSR count). The number of Topliss-reactive ketones (excluding diaryl/α,β-unsaturated/α-hetero) is 1. The second-order valence-electron chi connectivity index (χ2n) is 4.86. The maximum Gasteiger partial charge on any atom is 0.170 e. The summed E-state index contributed by atoms with van der Waals surface area (Å²) in [6.07, 6.45) is 1.81. The van der Waals surface area contributed by atoms with E-state index < -0.39 is 0 Å². The van der Waals surface area contributed by atoms with E-state index in [1.807, 2.05) is 28.9 Å². The van der Waals surface area contributed by atoms with E-state index in [0.29, 0.717) is 12.3 Å². The normalized spacial score (nSPS) is 10.9. The molecule has 0 N–H and O–H groups in total. The predicted octanol–water partition coefficient (Wildman–Crippen LogP) is 2.96. The van der Waals surface area contributed by atoms with Crippen LogP contribution in [0.3, 0.4) is 0 Å². The molecular weight excluding hydrogens is 353 g/mol. The molecule has 0 saturated carbocycles. The van der Waals surface area contributed by atoms with Gasteiger partial charge in [-0.3, -0.25) is 4.79 Å². The number of rotatable bonds is 5. The first kappa shape index (κ1) is 14.2. The van der Waals surface area contributed by atoms with E-state index in [1.54, 1.807) is 0 Å². The summed E-state index contributed by atoms with van der Waals surface area (Å²) >= 11 is 2.22. The van der Waals surface area contributed by atoms with E-state index in [-0.39, 0.29) is 5.78 Å². The molecule has 1 aromatic heterocycles. The van der Waals surface area contributed by atoms with Crippen molar-refractivity contribution in [1.82, 2.24) is 14.8 Å². The van der Waals surface area contributed by atoms with Crippen molar-refractivity contribution in [2.45, 2.75) is 26.8 Å². The summed E-state index contributed by atoms with van der Waals surface area (Å²) in [6, 6.07) is 7.58. The highest BCUT2D eigenvalue weighted by Gasteiger charge is 2.12. The number of benzene rings is 1. The van der Waals surface area contributed by atoms with Crippen molar-refractivity contribution >= 4 is 28.4 Å². The minimum absolute atomic E-state index is 0.0782. The van der Waals surface area contributed by atoms with Crippen molar-refractivity contribution in [1.29, 1.82) is 0 Å². The molecule has 5 heteroatoms. The third-order valence-electron chi connectivity index (χ3n) is 2.72. The average molecular weight is 369 g/mol. The van der Waals surface area contributed by atoms with E-state index in [0.717, 1.165) is 21.5 Å². The second-order valence-corrected chi connectivity index (χ2v) is 6.10. The van der Waals surface area contributed by atoms with Crippen LogP contribution in [0.1, 0.15) is 30.0 Å². The molecule has 0 radical (unpaired) electrons. The first-order chi connectivity index (χ1) is 9.06. The van der Waals surface area contributed by atoms with Crippen molar-refractivity contribution in [2.75, 3.05) is 0 Å². The van der Waals surface area contributed by atoms with Gasteiger partial charge in [0.2, 0.25) is 0 Å². The molecule has 0 unspecified atom stereocenters. The van der Waals surface area contributed by atoms with E-state index in [2.05, 4.69) is 46.5 Å². The van der Waals surface area contributed by atoms with Crippen LogP contribution in [-0.2, 0) is 13.0 Å². The Hall–Kier alpha value is -1.24. The molecular formula is C14H16IN3O. The zero-order valence-electron chi connectivity index (χ0n) is 11.0. The standard InChI is InChI=1S/C14H16IN3O/c1-10(2)8-18-14(16-9-17-18)7-13(19)11-3-5-12(15)6-4-11/h3-6,9-10H,7-8H2,1-2H3. The van der Waals surface area contributed by atoms with Crippen molar-refractivity contribution in [3.63, 3.8) is 0 Å². The average Bonchev–Trinajstić information content (AvgIpc) is 2.76. The van der Waals surface area contributed by atoms with Gasteiger partial charge in [-0.05, 0) is 40.6 Å². The molecule has 0 saturated heterocycles. The molecule has 1 aromatic carbocycles. The van der Waals surface area contributed by atoms with E-state index in [9.17, 15) is 4.79 Å². The zero-order valence-corrected chi connectivity index (χ0v) is 13.2. The number of carbonyl (C=O) groups is 1. The second kappa shape index (κ2) is 6.27. The number of ketones is 1. The fourth-order valence-electron chi connectivity index (χ4n) is 1.80. The highest BCUT2D eigenvalue weighted by atomic mass is 127. The summed E-state index contributed by atoms with van der Waals surface area (Å²) in [5.41, 5.74) is 0.722. The van der Waals surface area contributed by atoms with Crippen LogP contribution in [0.5, 0.6) is 0 Å². The summed E-state index contributed by atoms with van der Waals surface area (Å²) in [5, 5.41) is 4.17. The van der Waals surface area contributed by atoms with E-state index >= 15 is 0 Å². The van der Waals surface area contributed by atoms with Gasteiger partial charge in [0.15, 0.2) is 5.78 Å². The molecule has 0 aliphatic carbocycles. The number of nitrogens with zero attached hydrogens (tertiary/aromatic N) is 3. The predicted molar refractivity (Wildman–Crippen MR) is 82.1 cm³/mol. The first-order valence-electron chi connectivity index (χ1n) is 6.21. The third-order valence-corrected chi connectivity index (χ3v) is 3.44. The van der Waals surface area contributed by atoms with Crippen molar-refractivity contribution in [3.8, 4) is 0 Å². The smallest absolute Gasteiger partial charge is 0.170 e. The van der Waals surface area contributed by atoms with Gasteiger partial charge in [-0.25, -0.2) is 9.67 Å². The lowest BCUT2D eigenvalue weighted by atomic mass is 10.1. The molecule has 2 aromatic rings. The largest absolute Gasteiger partial charge is 0.294 e. The molecule has 0 atom stereocenters. The van der Waals surface area contributed by atoms with Crippen LogP contribution in [0.4, 0.5) is 0 Å². The lowest BCUT2D eigenvalue weighted by Crippen LogP contribution is -2.14. The molecule has 100 valence electrons. The van der Waals surface area contributed by atoms with Crippen LogP contribution in [0, 0.1) is 9.49 Å². The maximum atomic E-state index is 12.2. The number of carbonyl (C=O) groups excluding carboxylic acids is 1. The van der Waals surface area contributed by atoms with Crippen LogP contribution in [0.15, 0.2) is 30.6 Å². The number of aromatic nitrogens is 3. The highest BCUT2D eigenvalue weighted by Crippen LogP contribution is 2.10. The molecule has 0 fully saturated rings. The minimum Gasteiger partial charge on any atom is -0.294 e. The fraction of sp³-hybridized carbons (Fsp3) is 0.357. The zero-order chi connectivity index (χ0) is 13.8. The molecule has 0 aliphatic heterocycles. The topological polar surface area (TPSA) is 47.8 Å². The molecule has 0 aliphatic rings. The lowest BCUT2D eigenvalue weighted by molar-refractivity contribution is 0.0989. The monoisotopic (exact) mass is 369 g/mol. The van der Waals surface area contributed by atoms with Gasteiger partial charge >= 0.3 is 0 Å². The third kappa shape index (κ3) is 3.86. The van der Waals surface area contributed by atoms with Crippen molar-refractivity contribution in [3.05, 3.63) is 45.6 Å².